The maximum absolute atomic E-state index is 3.59. The van der Waals surface area contributed by atoms with E-state index >= 15 is 0 Å². The second-order valence-electron chi connectivity index (χ2n) is 6.06. The summed E-state index contributed by atoms with van der Waals surface area (Å²) in [5.41, 5.74) is 4.41. The molecule has 1 atom stereocenters. The number of benzene rings is 1. The SMILES string of the molecule is CNC(CC(C)(C)C)c1cc(C)c(Br)cc1C. The highest BCUT2D eigenvalue weighted by Crippen LogP contribution is 2.32. The van der Waals surface area contributed by atoms with Crippen LogP contribution in [0.2, 0.25) is 0 Å². The topological polar surface area (TPSA) is 12.0 Å². The Balaban J connectivity index is 3.08. The summed E-state index contributed by atoms with van der Waals surface area (Å²) < 4.78 is 1.20. The van der Waals surface area contributed by atoms with Crippen LogP contribution >= 0.6 is 15.9 Å². The number of aryl methyl sites for hydroxylation is 2. The Morgan fingerprint density at radius 3 is 2.24 bits per heavy atom. The van der Waals surface area contributed by atoms with Gasteiger partial charge in [0.1, 0.15) is 0 Å². The minimum absolute atomic E-state index is 0.334. The number of nitrogens with one attached hydrogen (secondary N) is 1. The van der Waals surface area contributed by atoms with Gasteiger partial charge in [0.25, 0.3) is 0 Å². The fourth-order valence-corrected chi connectivity index (χ4v) is 2.62. The van der Waals surface area contributed by atoms with Crippen molar-refractivity contribution in [2.45, 2.75) is 47.1 Å². The third-order valence-corrected chi connectivity index (χ3v) is 3.94. The lowest BCUT2D eigenvalue weighted by Crippen LogP contribution is -2.23. The monoisotopic (exact) mass is 297 g/mol. The number of rotatable bonds is 3. The molecule has 96 valence electrons. The highest BCUT2D eigenvalue weighted by atomic mass is 79.9. The van der Waals surface area contributed by atoms with Gasteiger partial charge in [0.15, 0.2) is 0 Å². The lowest BCUT2D eigenvalue weighted by Gasteiger charge is -2.27. The van der Waals surface area contributed by atoms with Gasteiger partial charge in [-0.3, -0.25) is 0 Å². The first-order valence-electron chi connectivity index (χ1n) is 6.18. The van der Waals surface area contributed by atoms with E-state index in [9.17, 15) is 0 Å². The van der Waals surface area contributed by atoms with E-state index < -0.39 is 0 Å². The zero-order valence-corrected chi connectivity index (χ0v) is 13.4. The molecule has 0 amide bonds. The Morgan fingerprint density at radius 2 is 1.76 bits per heavy atom. The molecule has 1 N–H and O–H groups in total. The van der Waals surface area contributed by atoms with E-state index in [1.54, 1.807) is 0 Å². The summed E-state index contributed by atoms with van der Waals surface area (Å²) >= 11 is 3.59. The molecule has 0 radical (unpaired) electrons. The molecule has 0 heterocycles. The van der Waals surface area contributed by atoms with Gasteiger partial charge in [-0.25, -0.2) is 0 Å². The molecule has 0 saturated heterocycles. The normalized spacial score (nSPS) is 13.8. The second kappa shape index (κ2) is 5.53. The number of halogens is 1. The molecular formula is C15H24BrN. The van der Waals surface area contributed by atoms with Crippen molar-refractivity contribution in [2.75, 3.05) is 7.05 Å². The highest BCUT2D eigenvalue weighted by molar-refractivity contribution is 9.10. The van der Waals surface area contributed by atoms with Crippen molar-refractivity contribution in [1.82, 2.24) is 5.32 Å². The van der Waals surface area contributed by atoms with Gasteiger partial charge >= 0.3 is 0 Å². The van der Waals surface area contributed by atoms with Gasteiger partial charge in [-0.15, -0.1) is 0 Å². The smallest absolute Gasteiger partial charge is 0.0325 e. The lowest BCUT2D eigenvalue weighted by atomic mass is 9.84. The third-order valence-electron chi connectivity index (χ3n) is 3.09. The van der Waals surface area contributed by atoms with Crippen LogP contribution in [0.25, 0.3) is 0 Å². The Bertz CT molecular complexity index is 391. The predicted octanol–water partition coefficient (Wildman–Crippen LogP) is 4.76. The van der Waals surface area contributed by atoms with Crippen molar-refractivity contribution < 1.29 is 0 Å². The Hall–Kier alpha value is -0.340. The number of hydrogen-bond acceptors (Lipinski definition) is 1. The van der Waals surface area contributed by atoms with Gasteiger partial charge in [-0.1, -0.05) is 42.8 Å². The molecule has 1 aromatic rings. The van der Waals surface area contributed by atoms with Gasteiger partial charge in [0.05, 0.1) is 0 Å². The average molecular weight is 298 g/mol. The van der Waals surface area contributed by atoms with Crippen molar-refractivity contribution in [3.8, 4) is 0 Å². The summed E-state index contributed by atoms with van der Waals surface area (Å²) in [5, 5.41) is 3.45. The van der Waals surface area contributed by atoms with Crippen LogP contribution in [0.4, 0.5) is 0 Å². The highest BCUT2D eigenvalue weighted by Gasteiger charge is 2.20. The molecule has 1 aromatic carbocycles. The van der Waals surface area contributed by atoms with Crippen LogP contribution in [0.15, 0.2) is 16.6 Å². The van der Waals surface area contributed by atoms with Crippen LogP contribution in [0, 0.1) is 19.3 Å². The van der Waals surface area contributed by atoms with Crippen molar-refractivity contribution in [2.24, 2.45) is 5.41 Å². The maximum atomic E-state index is 3.59. The van der Waals surface area contributed by atoms with Crippen molar-refractivity contribution in [3.05, 3.63) is 33.3 Å². The number of hydrogen-bond donors (Lipinski definition) is 1. The molecule has 0 aromatic heterocycles. The molecule has 0 saturated carbocycles. The summed E-state index contributed by atoms with van der Waals surface area (Å²) in [6.07, 6.45) is 1.14. The Labute approximate surface area is 114 Å². The fourth-order valence-electron chi connectivity index (χ4n) is 2.16. The largest absolute Gasteiger partial charge is 0.313 e. The van der Waals surface area contributed by atoms with Gasteiger partial charge in [-0.05, 0) is 55.5 Å². The molecule has 1 unspecified atom stereocenters. The summed E-state index contributed by atoms with van der Waals surface area (Å²) in [6.45, 7) is 11.2. The van der Waals surface area contributed by atoms with E-state index in [4.69, 9.17) is 0 Å². The summed E-state index contributed by atoms with van der Waals surface area (Å²) in [7, 11) is 2.05. The minimum atomic E-state index is 0.334. The predicted molar refractivity (Wildman–Crippen MR) is 79.5 cm³/mol. The van der Waals surface area contributed by atoms with E-state index in [-0.39, 0.29) is 0 Å². The maximum Gasteiger partial charge on any atom is 0.0325 e. The average Bonchev–Trinajstić information content (AvgIpc) is 2.19. The zero-order chi connectivity index (χ0) is 13.2. The molecule has 0 spiro atoms. The second-order valence-corrected chi connectivity index (χ2v) is 6.92. The van der Waals surface area contributed by atoms with E-state index in [0.29, 0.717) is 11.5 Å². The molecule has 1 rings (SSSR count). The quantitative estimate of drug-likeness (QED) is 0.848. The van der Waals surface area contributed by atoms with Crippen LogP contribution in [0.3, 0.4) is 0 Å². The minimum Gasteiger partial charge on any atom is -0.313 e. The first-order chi connectivity index (χ1) is 7.74. The third kappa shape index (κ3) is 4.11. The van der Waals surface area contributed by atoms with Crippen LogP contribution in [-0.2, 0) is 0 Å². The van der Waals surface area contributed by atoms with E-state index in [2.05, 4.69) is 68.0 Å². The van der Waals surface area contributed by atoms with E-state index in [0.717, 1.165) is 6.42 Å². The molecule has 0 aliphatic rings. The van der Waals surface area contributed by atoms with Crippen LogP contribution < -0.4 is 5.32 Å². The Morgan fingerprint density at radius 1 is 1.18 bits per heavy atom. The molecular weight excluding hydrogens is 274 g/mol. The molecule has 0 aliphatic heterocycles. The fraction of sp³-hybridized carbons (Fsp3) is 0.600. The molecule has 17 heavy (non-hydrogen) atoms. The first-order valence-corrected chi connectivity index (χ1v) is 6.98. The van der Waals surface area contributed by atoms with Crippen molar-refractivity contribution in [1.29, 1.82) is 0 Å². The van der Waals surface area contributed by atoms with Gasteiger partial charge < -0.3 is 5.32 Å². The summed E-state index contributed by atoms with van der Waals surface area (Å²) in [4.78, 5) is 0. The van der Waals surface area contributed by atoms with E-state index in [1.165, 1.54) is 21.2 Å². The van der Waals surface area contributed by atoms with Crippen LogP contribution in [0.5, 0.6) is 0 Å². The molecule has 0 fully saturated rings. The van der Waals surface area contributed by atoms with Crippen molar-refractivity contribution >= 4 is 15.9 Å². The molecule has 0 aliphatic carbocycles. The van der Waals surface area contributed by atoms with E-state index in [1.807, 2.05) is 7.05 Å². The summed E-state index contributed by atoms with van der Waals surface area (Å²) in [6, 6.07) is 4.95. The van der Waals surface area contributed by atoms with Crippen LogP contribution in [-0.4, -0.2) is 7.05 Å². The molecule has 1 nitrogen and oxygen atoms in total. The lowest BCUT2D eigenvalue weighted by molar-refractivity contribution is 0.320. The first kappa shape index (κ1) is 14.7. The van der Waals surface area contributed by atoms with Gasteiger partial charge in [0, 0.05) is 10.5 Å². The Kier molecular flexibility index (Phi) is 4.79. The van der Waals surface area contributed by atoms with Gasteiger partial charge in [0.2, 0.25) is 0 Å². The molecule has 0 bridgehead atoms. The molecule has 2 heteroatoms. The van der Waals surface area contributed by atoms with Crippen molar-refractivity contribution in [3.63, 3.8) is 0 Å². The zero-order valence-electron chi connectivity index (χ0n) is 11.8. The standard InChI is InChI=1S/C15H24BrN/c1-10-8-13(16)11(2)7-12(10)14(17-6)9-15(3,4)5/h7-8,14,17H,9H2,1-6H3. The summed E-state index contributed by atoms with van der Waals surface area (Å²) in [5.74, 6) is 0. The van der Waals surface area contributed by atoms with Gasteiger partial charge in [-0.2, -0.15) is 0 Å². The van der Waals surface area contributed by atoms with Crippen LogP contribution in [0.1, 0.15) is 49.9 Å².